The Morgan fingerprint density at radius 2 is 1.43 bits per heavy atom. The molecule has 0 aromatic carbocycles. The molecular weight excluding hydrogens is 320 g/mol. The van der Waals surface area contributed by atoms with Crippen molar-refractivity contribution >= 4 is 16.6 Å². The summed E-state index contributed by atoms with van der Waals surface area (Å²) < 4.78 is 19.1. The van der Waals surface area contributed by atoms with Gasteiger partial charge in [0.1, 0.15) is 6.10 Å². The molecule has 1 heterocycles. The fourth-order valence-electron chi connectivity index (χ4n) is 2.16. The Labute approximate surface area is 146 Å². The van der Waals surface area contributed by atoms with Gasteiger partial charge in [0.15, 0.2) is 16.6 Å². The third-order valence-electron chi connectivity index (χ3n) is 6.05. The molecular formula is C18H40O3Si2. The van der Waals surface area contributed by atoms with Crippen molar-refractivity contribution in [3.63, 3.8) is 0 Å². The van der Waals surface area contributed by atoms with Crippen LogP contribution in [0.25, 0.3) is 0 Å². The van der Waals surface area contributed by atoms with Gasteiger partial charge >= 0.3 is 0 Å². The molecule has 0 unspecified atom stereocenters. The minimum atomic E-state index is -1.77. The first-order chi connectivity index (χ1) is 10.2. The lowest BCUT2D eigenvalue weighted by Crippen LogP contribution is -2.51. The standard InChI is InChI=1S/C18H40O3Si2/c1-17(2,3)22(7,8)20-14-16-15(12-11-13-19-16)21-23(9,10)18(4,5)6/h15-16H,11-14H2,1-10H3/t15-,16+/m1/s1. The molecule has 1 rings (SSSR count). The summed E-state index contributed by atoms with van der Waals surface area (Å²) in [5.41, 5.74) is 0. The third kappa shape index (κ3) is 5.67. The lowest BCUT2D eigenvalue weighted by Gasteiger charge is -2.44. The first kappa shape index (κ1) is 21.4. The summed E-state index contributed by atoms with van der Waals surface area (Å²) in [6, 6.07) is 0. The highest BCUT2D eigenvalue weighted by Crippen LogP contribution is 2.40. The highest BCUT2D eigenvalue weighted by molar-refractivity contribution is 6.74. The van der Waals surface area contributed by atoms with Crippen LogP contribution >= 0.6 is 0 Å². The molecule has 1 fully saturated rings. The van der Waals surface area contributed by atoms with E-state index in [1.807, 2.05) is 0 Å². The van der Waals surface area contributed by atoms with Gasteiger partial charge in [-0.3, -0.25) is 0 Å². The zero-order chi connectivity index (χ0) is 18.1. The smallest absolute Gasteiger partial charge is 0.192 e. The Morgan fingerprint density at radius 1 is 0.913 bits per heavy atom. The van der Waals surface area contributed by atoms with Gasteiger partial charge in [0, 0.05) is 6.61 Å². The van der Waals surface area contributed by atoms with Crippen LogP contribution in [0.3, 0.4) is 0 Å². The molecule has 1 aliphatic heterocycles. The first-order valence-corrected chi connectivity index (χ1v) is 14.9. The van der Waals surface area contributed by atoms with Crippen LogP contribution in [0, 0.1) is 0 Å². The summed E-state index contributed by atoms with van der Waals surface area (Å²) in [5.74, 6) is 0. The van der Waals surface area contributed by atoms with Crippen LogP contribution in [0.4, 0.5) is 0 Å². The van der Waals surface area contributed by atoms with E-state index in [2.05, 4.69) is 67.7 Å². The van der Waals surface area contributed by atoms with Crippen LogP contribution in [-0.4, -0.2) is 42.1 Å². The molecule has 5 heteroatoms. The van der Waals surface area contributed by atoms with Crippen molar-refractivity contribution < 1.29 is 13.6 Å². The van der Waals surface area contributed by atoms with E-state index in [9.17, 15) is 0 Å². The molecule has 0 aliphatic carbocycles. The molecule has 1 saturated heterocycles. The van der Waals surface area contributed by atoms with E-state index in [-0.39, 0.29) is 22.3 Å². The van der Waals surface area contributed by atoms with Crippen molar-refractivity contribution in [1.29, 1.82) is 0 Å². The predicted octanol–water partition coefficient (Wildman–Crippen LogP) is 5.58. The second-order valence-electron chi connectivity index (χ2n) is 10.0. The number of ether oxygens (including phenoxy) is 1. The topological polar surface area (TPSA) is 27.7 Å². The third-order valence-corrected chi connectivity index (χ3v) is 15.1. The molecule has 1 aliphatic rings. The molecule has 0 bridgehead atoms. The Hall–Kier alpha value is 0.314. The van der Waals surface area contributed by atoms with Crippen LogP contribution in [0.1, 0.15) is 54.4 Å². The molecule has 138 valence electrons. The number of hydrogen-bond acceptors (Lipinski definition) is 3. The lowest BCUT2D eigenvalue weighted by atomic mass is 10.1. The number of hydrogen-bond donors (Lipinski definition) is 0. The summed E-state index contributed by atoms with van der Waals surface area (Å²) >= 11 is 0. The second-order valence-corrected chi connectivity index (χ2v) is 19.6. The van der Waals surface area contributed by atoms with Gasteiger partial charge in [0.25, 0.3) is 0 Å². The SMILES string of the molecule is CC(C)(C)[Si](C)(C)OC[C@@H]1OCCC[C@H]1O[Si](C)(C)C(C)(C)C. The molecule has 0 aromatic rings. The molecule has 0 aromatic heterocycles. The van der Waals surface area contributed by atoms with Gasteiger partial charge in [-0.05, 0) is 49.1 Å². The highest BCUT2D eigenvalue weighted by atomic mass is 28.4. The quantitative estimate of drug-likeness (QED) is 0.599. The molecule has 2 atom stereocenters. The van der Waals surface area contributed by atoms with Crippen LogP contribution < -0.4 is 0 Å². The van der Waals surface area contributed by atoms with Crippen molar-refractivity contribution in [2.24, 2.45) is 0 Å². The summed E-state index contributed by atoms with van der Waals surface area (Å²) in [5, 5.41) is 0.465. The van der Waals surface area contributed by atoms with E-state index in [1.165, 1.54) is 0 Å². The zero-order valence-electron chi connectivity index (χ0n) is 17.2. The van der Waals surface area contributed by atoms with Crippen LogP contribution in [-0.2, 0) is 13.6 Å². The van der Waals surface area contributed by atoms with Gasteiger partial charge < -0.3 is 13.6 Å². The Kier molecular flexibility index (Phi) is 6.76. The molecule has 23 heavy (non-hydrogen) atoms. The zero-order valence-corrected chi connectivity index (χ0v) is 19.2. The van der Waals surface area contributed by atoms with Gasteiger partial charge in [0.2, 0.25) is 0 Å². The Morgan fingerprint density at radius 3 is 1.91 bits per heavy atom. The van der Waals surface area contributed by atoms with E-state index in [0.29, 0.717) is 6.61 Å². The minimum Gasteiger partial charge on any atom is -0.414 e. The van der Waals surface area contributed by atoms with Crippen molar-refractivity contribution in [1.82, 2.24) is 0 Å². The summed E-state index contributed by atoms with van der Waals surface area (Å²) in [7, 11) is -3.51. The average Bonchev–Trinajstić information content (AvgIpc) is 2.34. The monoisotopic (exact) mass is 360 g/mol. The lowest BCUT2D eigenvalue weighted by molar-refractivity contribution is -0.0864. The average molecular weight is 361 g/mol. The minimum absolute atomic E-state index is 0.0898. The van der Waals surface area contributed by atoms with E-state index in [4.69, 9.17) is 13.6 Å². The van der Waals surface area contributed by atoms with Gasteiger partial charge in [-0.25, -0.2) is 0 Å². The maximum atomic E-state index is 6.66. The van der Waals surface area contributed by atoms with Gasteiger partial charge in [-0.2, -0.15) is 0 Å². The molecule has 0 amide bonds. The summed E-state index contributed by atoms with van der Waals surface area (Å²) in [6.07, 6.45) is 2.47. The van der Waals surface area contributed by atoms with E-state index in [1.54, 1.807) is 0 Å². The highest BCUT2D eigenvalue weighted by Gasteiger charge is 2.43. The molecule has 0 saturated carbocycles. The second kappa shape index (κ2) is 7.28. The normalized spacial score (nSPS) is 24.8. The maximum absolute atomic E-state index is 6.66. The molecule has 3 nitrogen and oxygen atoms in total. The maximum Gasteiger partial charge on any atom is 0.192 e. The van der Waals surface area contributed by atoms with Crippen molar-refractivity contribution in [2.45, 2.75) is 103 Å². The van der Waals surface area contributed by atoms with Gasteiger partial charge in [0.05, 0.1) is 12.7 Å². The van der Waals surface area contributed by atoms with Crippen molar-refractivity contribution in [2.75, 3.05) is 13.2 Å². The van der Waals surface area contributed by atoms with E-state index in [0.717, 1.165) is 19.4 Å². The molecule has 0 radical (unpaired) electrons. The largest absolute Gasteiger partial charge is 0.414 e. The van der Waals surface area contributed by atoms with Crippen LogP contribution in [0.2, 0.25) is 36.3 Å². The number of rotatable bonds is 5. The van der Waals surface area contributed by atoms with E-state index < -0.39 is 16.6 Å². The summed E-state index contributed by atoms with van der Waals surface area (Å²) in [6.45, 7) is 24.5. The fourth-order valence-corrected chi connectivity index (χ4v) is 4.56. The van der Waals surface area contributed by atoms with Gasteiger partial charge in [-0.15, -0.1) is 0 Å². The molecule has 0 spiro atoms. The predicted molar refractivity (Wildman–Crippen MR) is 104 cm³/mol. The Balaban J connectivity index is 2.73. The Bertz CT molecular complexity index is 381. The van der Waals surface area contributed by atoms with Crippen LogP contribution in [0.5, 0.6) is 0 Å². The first-order valence-electron chi connectivity index (χ1n) is 9.11. The fraction of sp³-hybridized carbons (Fsp3) is 1.00. The van der Waals surface area contributed by atoms with E-state index >= 15 is 0 Å². The van der Waals surface area contributed by atoms with Crippen molar-refractivity contribution in [3.8, 4) is 0 Å². The summed E-state index contributed by atoms with van der Waals surface area (Å²) in [4.78, 5) is 0. The van der Waals surface area contributed by atoms with Crippen molar-refractivity contribution in [3.05, 3.63) is 0 Å². The van der Waals surface area contributed by atoms with Crippen LogP contribution in [0.15, 0.2) is 0 Å². The van der Waals surface area contributed by atoms with Gasteiger partial charge in [-0.1, -0.05) is 41.5 Å². The molecule has 0 N–H and O–H groups in total.